The van der Waals surface area contributed by atoms with Crippen LogP contribution >= 0.6 is 0 Å². The molecule has 1 saturated heterocycles. The number of hydrogen-bond donors (Lipinski definition) is 0. The van der Waals surface area contributed by atoms with Gasteiger partial charge in [0.1, 0.15) is 0 Å². The highest BCUT2D eigenvalue weighted by atomic mass is 32.2. The number of rotatable bonds is 5. The maximum atomic E-state index is 12.6. The van der Waals surface area contributed by atoms with Crippen LogP contribution in [-0.4, -0.2) is 52.2 Å². The van der Waals surface area contributed by atoms with Gasteiger partial charge in [-0.2, -0.15) is 0 Å². The molecule has 150 valence electrons. The molecule has 1 heterocycles. The van der Waals surface area contributed by atoms with Crippen LogP contribution in [-0.2, 0) is 24.5 Å². The summed E-state index contributed by atoms with van der Waals surface area (Å²) >= 11 is 0. The summed E-state index contributed by atoms with van der Waals surface area (Å²) in [6.45, 7) is 0.388. The molecule has 0 bridgehead atoms. The van der Waals surface area contributed by atoms with Gasteiger partial charge in [0.15, 0.2) is 19.7 Å². The van der Waals surface area contributed by atoms with E-state index < -0.39 is 24.9 Å². The number of benzene rings is 2. The van der Waals surface area contributed by atoms with Crippen molar-refractivity contribution >= 4 is 25.6 Å². The van der Waals surface area contributed by atoms with Crippen molar-refractivity contribution < 1.29 is 21.6 Å². The molecule has 0 aromatic heterocycles. The number of hydrogen-bond acceptors (Lipinski definition) is 5. The first-order valence-corrected chi connectivity index (χ1v) is 12.5. The quantitative estimate of drug-likeness (QED) is 0.739. The summed E-state index contributed by atoms with van der Waals surface area (Å²) in [5.41, 5.74) is 0.725. The minimum atomic E-state index is -3.55. The molecule has 1 aliphatic heterocycles. The molecule has 0 radical (unpaired) electrons. The molecule has 0 N–H and O–H groups in total. The number of amides is 1. The first-order valence-electron chi connectivity index (χ1n) is 9.12. The Kier molecular flexibility index (Phi) is 6.20. The van der Waals surface area contributed by atoms with Crippen molar-refractivity contribution in [1.29, 1.82) is 0 Å². The summed E-state index contributed by atoms with van der Waals surface area (Å²) in [5, 5.41) is -0.639. The minimum Gasteiger partial charge on any atom is -0.342 e. The fourth-order valence-electron chi connectivity index (χ4n) is 3.36. The molecule has 1 amide bonds. The first-order chi connectivity index (χ1) is 13.3. The van der Waals surface area contributed by atoms with E-state index in [1.165, 1.54) is 17.0 Å². The van der Waals surface area contributed by atoms with Gasteiger partial charge in [-0.25, -0.2) is 16.8 Å². The lowest BCUT2D eigenvalue weighted by molar-refractivity contribution is -0.130. The van der Waals surface area contributed by atoms with Gasteiger partial charge in [-0.1, -0.05) is 48.5 Å². The molecule has 2 aromatic carbocycles. The average Bonchev–Trinajstić information content (AvgIpc) is 2.85. The second-order valence-electron chi connectivity index (χ2n) is 6.82. The first kappa shape index (κ1) is 20.5. The number of sulfone groups is 2. The Morgan fingerprint density at radius 3 is 2.21 bits per heavy atom. The zero-order chi connectivity index (χ0) is 20.2. The smallest absolute Gasteiger partial charge is 0.223 e. The minimum absolute atomic E-state index is 0.0931. The van der Waals surface area contributed by atoms with Crippen LogP contribution in [0.3, 0.4) is 0 Å². The van der Waals surface area contributed by atoms with Gasteiger partial charge in [-0.15, -0.1) is 0 Å². The highest BCUT2D eigenvalue weighted by molar-refractivity contribution is 7.91. The highest BCUT2D eigenvalue weighted by Gasteiger charge is 2.32. The fraction of sp³-hybridized carbons (Fsp3) is 0.350. The molecule has 3 rings (SSSR count). The molecule has 0 aliphatic carbocycles. The predicted octanol–water partition coefficient (Wildman–Crippen LogP) is 2.24. The third-order valence-electron chi connectivity index (χ3n) is 4.95. The van der Waals surface area contributed by atoms with Crippen molar-refractivity contribution in [3.8, 4) is 0 Å². The van der Waals surface area contributed by atoms with Crippen molar-refractivity contribution in [1.82, 2.24) is 4.90 Å². The zero-order valence-corrected chi connectivity index (χ0v) is 17.0. The number of carbonyl (C=O) groups is 1. The Morgan fingerprint density at radius 2 is 1.57 bits per heavy atom. The lowest BCUT2D eigenvalue weighted by Gasteiger charge is -2.20. The van der Waals surface area contributed by atoms with Gasteiger partial charge in [0.2, 0.25) is 5.91 Å². The summed E-state index contributed by atoms with van der Waals surface area (Å²) in [6.07, 6.45) is 0.150. The van der Waals surface area contributed by atoms with E-state index in [4.69, 9.17) is 0 Å². The Labute approximate surface area is 166 Å². The molecule has 6 nitrogen and oxygen atoms in total. The van der Waals surface area contributed by atoms with E-state index in [0.717, 1.165) is 5.56 Å². The van der Waals surface area contributed by atoms with Crippen molar-refractivity contribution in [3.05, 3.63) is 66.2 Å². The largest absolute Gasteiger partial charge is 0.342 e. The van der Waals surface area contributed by atoms with Gasteiger partial charge in [-0.05, 0) is 24.1 Å². The Balaban J connectivity index is 1.66. The number of nitrogens with zero attached hydrogens (tertiary/aromatic N) is 1. The molecule has 1 fully saturated rings. The van der Waals surface area contributed by atoms with Gasteiger partial charge in [0.25, 0.3) is 0 Å². The molecule has 28 heavy (non-hydrogen) atoms. The van der Waals surface area contributed by atoms with E-state index in [2.05, 4.69) is 0 Å². The molecule has 8 heteroatoms. The molecule has 1 aliphatic rings. The Bertz CT molecular complexity index is 1020. The maximum absolute atomic E-state index is 12.6. The van der Waals surface area contributed by atoms with Crippen LogP contribution in [0.25, 0.3) is 0 Å². The van der Waals surface area contributed by atoms with Crippen molar-refractivity contribution in [2.75, 3.05) is 24.6 Å². The van der Waals surface area contributed by atoms with Crippen LogP contribution in [0.15, 0.2) is 65.6 Å². The van der Waals surface area contributed by atoms with E-state index in [-0.39, 0.29) is 35.3 Å². The topological polar surface area (TPSA) is 88.6 Å². The predicted molar refractivity (Wildman–Crippen MR) is 107 cm³/mol. The van der Waals surface area contributed by atoms with Crippen LogP contribution in [0.2, 0.25) is 0 Å². The summed E-state index contributed by atoms with van der Waals surface area (Å²) in [7, 11) is -6.92. The van der Waals surface area contributed by atoms with Gasteiger partial charge >= 0.3 is 0 Å². The van der Waals surface area contributed by atoms with E-state index >= 15 is 0 Å². The van der Waals surface area contributed by atoms with Crippen LogP contribution in [0.5, 0.6) is 0 Å². The third kappa shape index (κ3) is 4.80. The molecule has 0 saturated carbocycles. The van der Waals surface area contributed by atoms with Gasteiger partial charge in [0, 0.05) is 19.5 Å². The molecular weight excluding hydrogens is 398 g/mol. The molecular formula is C20H23NO5S2. The molecule has 0 spiro atoms. The fourth-order valence-corrected chi connectivity index (χ4v) is 6.41. The van der Waals surface area contributed by atoms with Gasteiger partial charge < -0.3 is 4.90 Å². The summed E-state index contributed by atoms with van der Waals surface area (Å²) in [5.74, 6) is -0.742. The molecule has 1 unspecified atom stereocenters. The second kappa shape index (κ2) is 8.45. The van der Waals surface area contributed by atoms with Crippen LogP contribution in [0.1, 0.15) is 23.7 Å². The standard InChI is InChI=1S/C20H23NO5S2/c22-20(12-15-27(23,24)18-9-5-2-6-10-18)21-13-11-19(28(25,26)16-14-21)17-7-3-1-4-8-17/h1-10,19H,11-16H2. The Hall–Kier alpha value is -2.19. The lowest BCUT2D eigenvalue weighted by Crippen LogP contribution is -2.34. The van der Waals surface area contributed by atoms with Gasteiger partial charge in [-0.3, -0.25) is 4.79 Å². The van der Waals surface area contributed by atoms with Crippen LogP contribution in [0, 0.1) is 0 Å². The Morgan fingerprint density at radius 1 is 0.964 bits per heavy atom. The SMILES string of the molecule is O=C(CCS(=O)(=O)c1ccccc1)N1CCC(c2ccccc2)S(=O)(=O)CC1. The second-order valence-corrected chi connectivity index (χ2v) is 11.2. The van der Waals surface area contributed by atoms with Crippen molar-refractivity contribution in [2.24, 2.45) is 0 Å². The summed E-state index contributed by atoms with van der Waals surface area (Å²) in [4.78, 5) is 14.2. The highest BCUT2D eigenvalue weighted by Crippen LogP contribution is 2.29. The maximum Gasteiger partial charge on any atom is 0.223 e. The lowest BCUT2D eigenvalue weighted by atomic mass is 10.1. The number of carbonyl (C=O) groups excluding carboxylic acids is 1. The van der Waals surface area contributed by atoms with Crippen molar-refractivity contribution in [2.45, 2.75) is 23.0 Å². The van der Waals surface area contributed by atoms with Crippen LogP contribution < -0.4 is 0 Å². The van der Waals surface area contributed by atoms with Crippen molar-refractivity contribution in [3.63, 3.8) is 0 Å². The van der Waals surface area contributed by atoms with Gasteiger partial charge in [0.05, 0.1) is 21.7 Å². The monoisotopic (exact) mass is 421 g/mol. The van der Waals surface area contributed by atoms with E-state index in [1.807, 2.05) is 6.07 Å². The summed E-state index contributed by atoms with van der Waals surface area (Å²) < 4.78 is 50.0. The zero-order valence-electron chi connectivity index (χ0n) is 15.4. The summed E-state index contributed by atoms with van der Waals surface area (Å²) in [6, 6.07) is 17.0. The molecule has 2 aromatic rings. The molecule has 1 atom stereocenters. The normalized spacial score (nSPS) is 19.7. The van der Waals surface area contributed by atoms with Crippen LogP contribution in [0.4, 0.5) is 0 Å². The average molecular weight is 422 g/mol. The van der Waals surface area contributed by atoms with E-state index in [9.17, 15) is 21.6 Å². The van der Waals surface area contributed by atoms with E-state index in [1.54, 1.807) is 42.5 Å². The third-order valence-corrected chi connectivity index (χ3v) is 8.81. The van der Waals surface area contributed by atoms with E-state index in [0.29, 0.717) is 13.0 Å².